The van der Waals surface area contributed by atoms with E-state index in [4.69, 9.17) is 23.2 Å². The van der Waals surface area contributed by atoms with Crippen molar-refractivity contribution < 1.29 is 18.0 Å². The van der Waals surface area contributed by atoms with Crippen molar-refractivity contribution in [3.63, 3.8) is 0 Å². The van der Waals surface area contributed by atoms with Crippen LogP contribution >= 0.6 is 23.2 Å². The highest BCUT2D eigenvalue weighted by molar-refractivity contribution is 7.92. The minimum Gasteiger partial charge on any atom is -0.352 e. The Kier molecular flexibility index (Phi) is 10.4. The molecule has 7 nitrogen and oxygen atoms in total. The molecule has 10 heteroatoms. The maximum atomic E-state index is 14.0. The van der Waals surface area contributed by atoms with Gasteiger partial charge in [-0.25, -0.2) is 8.42 Å². The number of anilines is 1. The number of nitrogens with zero attached hydrogens (tertiary/aromatic N) is 2. The molecule has 3 rings (SSSR count). The molecule has 0 spiro atoms. The molecule has 0 aliphatic carbocycles. The largest absolute Gasteiger partial charge is 0.352 e. The van der Waals surface area contributed by atoms with Gasteiger partial charge in [-0.3, -0.25) is 13.9 Å². The lowest BCUT2D eigenvalue weighted by atomic mass is 10.1. The summed E-state index contributed by atoms with van der Waals surface area (Å²) in [5.74, 6) is -0.885. The van der Waals surface area contributed by atoms with Gasteiger partial charge in [0.2, 0.25) is 11.8 Å². The van der Waals surface area contributed by atoms with E-state index in [1.165, 1.54) is 35.2 Å². The predicted octanol–water partition coefficient (Wildman–Crippen LogP) is 5.83. The zero-order valence-corrected chi connectivity index (χ0v) is 24.7. The van der Waals surface area contributed by atoms with Crippen LogP contribution in [0.3, 0.4) is 0 Å². The van der Waals surface area contributed by atoms with Crippen LogP contribution in [0.25, 0.3) is 0 Å². The van der Waals surface area contributed by atoms with E-state index in [1.807, 2.05) is 45.0 Å². The molecule has 0 aliphatic heterocycles. The number of hydrogen-bond acceptors (Lipinski definition) is 4. The summed E-state index contributed by atoms with van der Waals surface area (Å²) >= 11 is 12.5. The van der Waals surface area contributed by atoms with Crippen LogP contribution in [0.15, 0.2) is 77.7 Å². The lowest BCUT2D eigenvalue weighted by Crippen LogP contribution is -2.52. The smallest absolute Gasteiger partial charge is 0.264 e. The van der Waals surface area contributed by atoms with E-state index in [-0.39, 0.29) is 34.1 Å². The molecule has 0 heterocycles. The van der Waals surface area contributed by atoms with Gasteiger partial charge in [0.25, 0.3) is 10.0 Å². The highest BCUT2D eigenvalue weighted by atomic mass is 35.5. The fourth-order valence-electron chi connectivity index (χ4n) is 3.94. The van der Waals surface area contributed by atoms with Crippen LogP contribution < -0.4 is 9.62 Å². The average Bonchev–Trinajstić information content (AvgIpc) is 2.91. The quantitative estimate of drug-likeness (QED) is 0.305. The Balaban J connectivity index is 2.06. The average molecular weight is 591 g/mol. The summed E-state index contributed by atoms with van der Waals surface area (Å²) in [5.41, 5.74) is 1.89. The first-order valence-electron chi connectivity index (χ1n) is 12.6. The fraction of sp³-hybridized carbons (Fsp3) is 0.310. The topological polar surface area (TPSA) is 86.8 Å². The number of carbonyl (C=O) groups excluding carboxylic acids is 2. The van der Waals surface area contributed by atoms with Gasteiger partial charge in [0.15, 0.2) is 0 Å². The molecule has 0 bridgehead atoms. The molecule has 0 fully saturated rings. The number of carbonyl (C=O) groups is 2. The van der Waals surface area contributed by atoms with Crippen LogP contribution in [0.5, 0.6) is 0 Å². The molecule has 3 aromatic rings. The minimum absolute atomic E-state index is 0.00293. The number of halogens is 2. The number of aryl methyl sites for hydroxylation is 1. The van der Waals surface area contributed by atoms with Gasteiger partial charge in [0.05, 0.1) is 15.6 Å². The van der Waals surface area contributed by atoms with Crippen LogP contribution in [0, 0.1) is 6.92 Å². The highest BCUT2D eigenvalue weighted by Gasteiger charge is 2.33. The second-order valence-corrected chi connectivity index (χ2v) is 12.1. The third-order valence-corrected chi connectivity index (χ3v) is 8.87. The molecule has 39 heavy (non-hydrogen) atoms. The molecule has 0 aromatic heterocycles. The summed E-state index contributed by atoms with van der Waals surface area (Å²) < 4.78 is 28.6. The van der Waals surface area contributed by atoms with Gasteiger partial charge in [0.1, 0.15) is 12.6 Å². The molecule has 2 atom stereocenters. The van der Waals surface area contributed by atoms with E-state index >= 15 is 0 Å². The van der Waals surface area contributed by atoms with Crippen molar-refractivity contribution in [3.05, 3.63) is 94.0 Å². The Bertz CT molecular complexity index is 1420. The first-order chi connectivity index (χ1) is 18.4. The number of rotatable bonds is 11. The monoisotopic (exact) mass is 589 g/mol. The van der Waals surface area contributed by atoms with Crippen molar-refractivity contribution >= 4 is 50.7 Å². The number of hydrogen-bond donors (Lipinski definition) is 1. The molecular formula is C29H33Cl2N3O4S. The summed E-state index contributed by atoms with van der Waals surface area (Å²) in [4.78, 5) is 28.5. The van der Waals surface area contributed by atoms with Crippen molar-refractivity contribution in [1.29, 1.82) is 0 Å². The molecule has 208 valence electrons. The molecule has 0 radical (unpaired) electrons. The van der Waals surface area contributed by atoms with E-state index in [0.717, 1.165) is 21.9 Å². The summed E-state index contributed by atoms with van der Waals surface area (Å²) in [6, 6.07) is 18.8. The van der Waals surface area contributed by atoms with E-state index in [1.54, 1.807) is 25.1 Å². The molecule has 0 saturated carbocycles. The molecule has 2 amide bonds. The maximum absolute atomic E-state index is 14.0. The van der Waals surface area contributed by atoms with Gasteiger partial charge in [-0.05, 0) is 68.7 Å². The number of benzene rings is 3. The van der Waals surface area contributed by atoms with Crippen LogP contribution in [0.1, 0.15) is 38.3 Å². The van der Waals surface area contributed by atoms with Crippen molar-refractivity contribution in [2.45, 2.75) is 57.6 Å². The second kappa shape index (κ2) is 13.3. The van der Waals surface area contributed by atoms with Gasteiger partial charge >= 0.3 is 0 Å². The van der Waals surface area contributed by atoms with Gasteiger partial charge in [-0.15, -0.1) is 0 Å². The second-order valence-electron chi connectivity index (χ2n) is 9.36. The van der Waals surface area contributed by atoms with Crippen molar-refractivity contribution in [1.82, 2.24) is 10.2 Å². The molecule has 1 N–H and O–H groups in total. The van der Waals surface area contributed by atoms with E-state index in [9.17, 15) is 18.0 Å². The zero-order chi connectivity index (χ0) is 28.7. The lowest BCUT2D eigenvalue weighted by molar-refractivity contribution is -0.139. The van der Waals surface area contributed by atoms with Crippen LogP contribution in [-0.4, -0.2) is 43.8 Å². The van der Waals surface area contributed by atoms with Crippen LogP contribution in [-0.2, 0) is 26.2 Å². The molecule has 0 saturated heterocycles. The first-order valence-corrected chi connectivity index (χ1v) is 14.8. The van der Waals surface area contributed by atoms with Gasteiger partial charge in [-0.2, -0.15) is 0 Å². The zero-order valence-electron chi connectivity index (χ0n) is 22.4. The van der Waals surface area contributed by atoms with Crippen LogP contribution in [0.2, 0.25) is 10.0 Å². The third kappa shape index (κ3) is 7.53. The Morgan fingerprint density at radius 1 is 0.949 bits per heavy atom. The van der Waals surface area contributed by atoms with E-state index in [0.29, 0.717) is 5.02 Å². The summed E-state index contributed by atoms with van der Waals surface area (Å²) in [7, 11) is -4.21. The number of amides is 2. The summed E-state index contributed by atoms with van der Waals surface area (Å²) in [6.07, 6.45) is 0.725. The van der Waals surface area contributed by atoms with Crippen molar-refractivity contribution in [3.8, 4) is 0 Å². The molecule has 3 aromatic carbocycles. The lowest BCUT2D eigenvalue weighted by Gasteiger charge is -2.33. The predicted molar refractivity (Wildman–Crippen MR) is 157 cm³/mol. The van der Waals surface area contributed by atoms with Gasteiger partial charge in [0, 0.05) is 17.6 Å². The Morgan fingerprint density at radius 2 is 1.59 bits per heavy atom. The van der Waals surface area contributed by atoms with Gasteiger partial charge < -0.3 is 10.2 Å². The Morgan fingerprint density at radius 3 is 2.21 bits per heavy atom. The highest BCUT2D eigenvalue weighted by Crippen LogP contribution is 2.33. The standard InChI is InChI=1S/C29H33Cl2N3O4S/c1-5-21(3)32-29(36)22(4)33(18-23-12-10-9-11-20(23)2)28(35)19-34(27-16-15-24(30)17-26(27)31)39(37,38)25-13-7-6-8-14-25/h6-17,21-22H,5,18-19H2,1-4H3,(H,32,36)/t21-,22+/m0/s1. The first kappa shape index (κ1) is 30.5. The fourth-order valence-corrected chi connectivity index (χ4v) is 5.95. The Labute approximate surface area is 240 Å². The van der Waals surface area contributed by atoms with E-state index < -0.39 is 28.5 Å². The molecular weight excluding hydrogens is 557 g/mol. The van der Waals surface area contributed by atoms with Crippen molar-refractivity contribution in [2.24, 2.45) is 0 Å². The normalized spacial score (nSPS) is 12.9. The maximum Gasteiger partial charge on any atom is 0.264 e. The Hall–Kier alpha value is -3.07. The SMILES string of the molecule is CC[C@H](C)NC(=O)[C@@H](C)N(Cc1ccccc1C)C(=O)CN(c1ccc(Cl)cc1Cl)S(=O)(=O)c1ccccc1. The summed E-state index contributed by atoms with van der Waals surface area (Å²) in [5, 5.41) is 3.32. The number of nitrogens with one attached hydrogen (secondary N) is 1. The minimum atomic E-state index is -4.21. The van der Waals surface area contributed by atoms with Crippen molar-refractivity contribution in [2.75, 3.05) is 10.8 Å². The summed E-state index contributed by atoms with van der Waals surface area (Å²) in [6.45, 7) is 6.93. The molecule has 0 aliphatic rings. The van der Waals surface area contributed by atoms with E-state index in [2.05, 4.69) is 5.32 Å². The van der Waals surface area contributed by atoms with Gasteiger partial charge in [-0.1, -0.05) is 72.6 Å². The third-order valence-electron chi connectivity index (χ3n) is 6.56. The van der Waals surface area contributed by atoms with Crippen LogP contribution in [0.4, 0.5) is 5.69 Å². The number of sulfonamides is 1. The molecule has 0 unspecified atom stereocenters.